The highest BCUT2D eigenvalue weighted by atomic mass is 35.5. The lowest BCUT2D eigenvalue weighted by atomic mass is 9.67. The van der Waals surface area contributed by atoms with Crippen molar-refractivity contribution in [2.45, 2.75) is 63.8 Å². The van der Waals surface area contributed by atoms with Crippen molar-refractivity contribution in [2.75, 3.05) is 19.6 Å². The molecule has 5 heterocycles. The number of piperidine rings is 4. The van der Waals surface area contributed by atoms with Crippen LogP contribution in [-0.2, 0) is 17.9 Å². The molecular formula is C38H40ClN3O2. The van der Waals surface area contributed by atoms with Crippen LogP contribution in [0.3, 0.4) is 0 Å². The Balaban J connectivity index is 1.00. The first-order chi connectivity index (χ1) is 21.6. The monoisotopic (exact) mass is 605 g/mol. The summed E-state index contributed by atoms with van der Waals surface area (Å²) in [7, 11) is 0. The van der Waals surface area contributed by atoms with Crippen molar-refractivity contribution in [3.05, 3.63) is 106 Å². The molecule has 4 aliphatic rings. The van der Waals surface area contributed by atoms with Crippen molar-refractivity contribution in [3.63, 3.8) is 0 Å². The molecule has 3 aromatic carbocycles. The molecule has 4 saturated heterocycles. The highest BCUT2D eigenvalue weighted by Crippen LogP contribution is 2.45. The zero-order chi connectivity index (χ0) is 29.6. The fourth-order valence-corrected chi connectivity index (χ4v) is 8.80. The second-order valence-corrected chi connectivity index (χ2v) is 13.7. The molecule has 0 saturated carbocycles. The number of halogens is 1. The van der Waals surface area contributed by atoms with E-state index in [0.29, 0.717) is 30.5 Å². The highest BCUT2D eigenvalue weighted by Gasteiger charge is 2.51. The van der Waals surface area contributed by atoms with Crippen LogP contribution in [-0.4, -0.2) is 52.0 Å². The highest BCUT2D eigenvalue weighted by molar-refractivity contribution is 6.30. The summed E-state index contributed by atoms with van der Waals surface area (Å²) >= 11 is 6.00. The number of fused-ring (bicyclic) bond motifs is 3. The Kier molecular flexibility index (Phi) is 7.47. The Morgan fingerprint density at radius 1 is 0.886 bits per heavy atom. The van der Waals surface area contributed by atoms with Crippen LogP contribution in [0.4, 0.5) is 0 Å². The molecular weight excluding hydrogens is 566 g/mol. The van der Waals surface area contributed by atoms with Crippen LogP contribution in [0.5, 0.6) is 5.75 Å². The Bertz CT molecular complexity index is 1690. The Morgan fingerprint density at radius 2 is 1.66 bits per heavy atom. The standard InChI is InChI=1S/C38H40ClN3O2/c39-31-14-9-27(10-15-31)25-44-32-16-11-26(12-17-32)22-41-23-30(33-6-1-2-8-35(33)41)21-28-13-18-36-34-7-4-20-40-19-3-5-29(37(34)40)24-42(36)38(28)43/h1-2,6,8-12,14-17,21,23,29,34,36-37H,3-5,7,13,18-20,22,24-25H2/b28-21+/t29-,34-,36-,37+/m1/s1. The molecule has 226 valence electrons. The van der Waals surface area contributed by atoms with E-state index in [9.17, 15) is 4.79 Å². The second-order valence-electron chi connectivity index (χ2n) is 13.3. The van der Waals surface area contributed by atoms with Gasteiger partial charge in [0.1, 0.15) is 12.4 Å². The molecule has 1 aromatic heterocycles. The second kappa shape index (κ2) is 11.8. The summed E-state index contributed by atoms with van der Waals surface area (Å²) in [5.41, 5.74) is 5.60. The van der Waals surface area contributed by atoms with Gasteiger partial charge in [-0.15, -0.1) is 0 Å². The van der Waals surface area contributed by atoms with Gasteiger partial charge < -0.3 is 14.2 Å². The lowest BCUT2D eigenvalue weighted by Gasteiger charge is -2.58. The van der Waals surface area contributed by atoms with Gasteiger partial charge in [0, 0.05) is 58.4 Å². The summed E-state index contributed by atoms with van der Waals surface area (Å²) in [4.78, 5) is 19.1. The minimum absolute atomic E-state index is 0.286. The average Bonchev–Trinajstić information content (AvgIpc) is 3.40. The average molecular weight is 606 g/mol. The predicted molar refractivity (Wildman–Crippen MR) is 177 cm³/mol. The molecule has 6 heteroatoms. The molecule has 0 spiro atoms. The lowest BCUT2D eigenvalue weighted by Crippen LogP contribution is -2.66. The molecule has 0 radical (unpaired) electrons. The van der Waals surface area contributed by atoms with Crippen molar-refractivity contribution < 1.29 is 9.53 Å². The van der Waals surface area contributed by atoms with E-state index in [0.717, 1.165) is 53.4 Å². The molecule has 44 heavy (non-hydrogen) atoms. The molecule has 4 atom stereocenters. The summed E-state index contributed by atoms with van der Waals surface area (Å²) in [6.45, 7) is 4.73. The van der Waals surface area contributed by atoms with E-state index in [1.165, 1.54) is 55.2 Å². The van der Waals surface area contributed by atoms with Crippen molar-refractivity contribution in [1.82, 2.24) is 14.4 Å². The van der Waals surface area contributed by atoms with Gasteiger partial charge in [0.15, 0.2) is 0 Å². The maximum Gasteiger partial charge on any atom is 0.250 e. The van der Waals surface area contributed by atoms with E-state index < -0.39 is 0 Å². The van der Waals surface area contributed by atoms with Gasteiger partial charge in [-0.25, -0.2) is 0 Å². The molecule has 5 nitrogen and oxygen atoms in total. The van der Waals surface area contributed by atoms with Gasteiger partial charge in [0.2, 0.25) is 5.91 Å². The molecule has 0 unspecified atom stereocenters. The molecule has 8 rings (SSSR count). The number of aromatic nitrogens is 1. The Labute approximate surface area is 265 Å². The van der Waals surface area contributed by atoms with Gasteiger partial charge in [0.05, 0.1) is 0 Å². The van der Waals surface area contributed by atoms with Gasteiger partial charge >= 0.3 is 0 Å². The number of para-hydroxylation sites is 1. The van der Waals surface area contributed by atoms with Crippen LogP contribution in [0.1, 0.15) is 55.2 Å². The zero-order valence-electron chi connectivity index (χ0n) is 25.2. The fraction of sp³-hybridized carbons (Fsp3) is 0.395. The summed E-state index contributed by atoms with van der Waals surface area (Å²) in [6.07, 6.45) is 11.5. The third kappa shape index (κ3) is 5.24. The number of nitrogens with zero attached hydrogens (tertiary/aromatic N) is 3. The first-order valence-corrected chi connectivity index (χ1v) is 16.8. The quantitative estimate of drug-likeness (QED) is 0.210. The van der Waals surface area contributed by atoms with E-state index >= 15 is 0 Å². The molecule has 0 N–H and O–H groups in total. The zero-order valence-corrected chi connectivity index (χ0v) is 26.0. The SMILES string of the molecule is O=C1/C(=C/c2cn(Cc3ccc(OCc4ccc(Cl)cc4)cc3)c3ccccc23)CC[C@@H]2[C@H]3CCCN4CCC[C@H](CN12)[C@@H]34. The predicted octanol–water partition coefficient (Wildman–Crippen LogP) is 7.80. The Hall–Kier alpha value is -3.54. The van der Waals surface area contributed by atoms with Gasteiger partial charge in [-0.05, 0) is 111 Å². The largest absolute Gasteiger partial charge is 0.489 e. The van der Waals surface area contributed by atoms with Crippen LogP contribution in [0.25, 0.3) is 17.0 Å². The summed E-state index contributed by atoms with van der Waals surface area (Å²) in [6, 6.07) is 25.8. The topological polar surface area (TPSA) is 37.7 Å². The number of carbonyl (C=O) groups excluding carboxylic acids is 1. The van der Waals surface area contributed by atoms with Crippen molar-refractivity contribution >= 4 is 34.5 Å². The van der Waals surface area contributed by atoms with E-state index in [-0.39, 0.29) is 5.91 Å². The van der Waals surface area contributed by atoms with Gasteiger partial charge in [0.25, 0.3) is 0 Å². The minimum atomic E-state index is 0.286. The number of carbonyl (C=O) groups is 1. The van der Waals surface area contributed by atoms with Crippen molar-refractivity contribution in [3.8, 4) is 5.75 Å². The minimum Gasteiger partial charge on any atom is -0.489 e. The number of amides is 1. The first kappa shape index (κ1) is 28.0. The summed E-state index contributed by atoms with van der Waals surface area (Å²) in [5, 5.41) is 1.93. The number of ether oxygens (including phenoxy) is 1. The van der Waals surface area contributed by atoms with Crippen LogP contribution in [0.15, 0.2) is 84.6 Å². The third-order valence-electron chi connectivity index (χ3n) is 10.7. The van der Waals surface area contributed by atoms with Gasteiger partial charge in [-0.2, -0.15) is 0 Å². The smallest absolute Gasteiger partial charge is 0.250 e. The van der Waals surface area contributed by atoms with E-state index in [1.807, 2.05) is 36.4 Å². The van der Waals surface area contributed by atoms with Crippen LogP contribution >= 0.6 is 11.6 Å². The molecule has 0 bridgehead atoms. The van der Waals surface area contributed by atoms with Crippen LogP contribution in [0, 0.1) is 11.8 Å². The third-order valence-corrected chi connectivity index (χ3v) is 10.9. The van der Waals surface area contributed by atoms with E-state index in [2.05, 4.69) is 63.0 Å². The van der Waals surface area contributed by atoms with Crippen LogP contribution < -0.4 is 4.74 Å². The lowest BCUT2D eigenvalue weighted by molar-refractivity contribution is -0.145. The van der Waals surface area contributed by atoms with Gasteiger partial charge in [-0.1, -0.05) is 54.1 Å². The number of hydrogen-bond acceptors (Lipinski definition) is 3. The van der Waals surface area contributed by atoms with Gasteiger partial charge in [-0.3, -0.25) is 9.69 Å². The fourth-order valence-electron chi connectivity index (χ4n) is 8.67. The number of rotatable bonds is 6. The number of hydrogen-bond donors (Lipinski definition) is 0. The molecule has 1 amide bonds. The van der Waals surface area contributed by atoms with Crippen molar-refractivity contribution in [2.24, 2.45) is 11.8 Å². The normalized spacial score (nSPS) is 26.1. The van der Waals surface area contributed by atoms with E-state index in [1.54, 1.807) is 0 Å². The Morgan fingerprint density at radius 3 is 2.50 bits per heavy atom. The maximum atomic E-state index is 14.0. The van der Waals surface area contributed by atoms with Crippen molar-refractivity contribution in [1.29, 1.82) is 0 Å². The van der Waals surface area contributed by atoms with Crippen LogP contribution in [0.2, 0.25) is 5.02 Å². The maximum absolute atomic E-state index is 14.0. The summed E-state index contributed by atoms with van der Waals surface area (Å²) < 4.78 is 8.31. The first-order valence-electron chi connectivity index (χ1n) is 16.4. The molecule has 0 aliphatic carbocycles. The van der Waals surface area contributed by atoms with E-state index in [4.69, 9.17) is 16.3 Å². The molecule has 4 aromatic rings. The summed E-state index contributed by atoms with van der Waals surface area (Å²) in [5.74, 6) is 2.43. The molecule has 4 fully saturated rings. The number of benzene rings is 3. The molecule has 4 aliphatic heterocycles.